The molecule has 1 aromatic heterocycles. The third-order valence-corrected chi connectivity index (χ3v) is 3.69. The molecule has 0 atom stereocenters. The zero-order valence-electron chi connectivity index (χ0n) is 12.7. The van der Waals surface area contributed by atoms with E-state index < -0.39 is 11.7 Å². The van der Waals surface area contributed by atoms with Gasteiger partial charge in [0.2, 0.25) is 5.88 Å². The minimum Gasteiger partial charge on any atom is -0.493 e. The normalized spacial score (nSPS) is 12.3. The second kappa shape index (κ2) is 5.99. The average Bonchev–Trinajstić information content (AvgIpc) is 2.87. The Morgan fingerprint density at radius 2 is 1.75 bits per heavy atom. The summed E-state index contributed by atoms with van der Waals surface area (Å²) in [7, 11) is 0. The molecule has 7 heteroatoms. The summed E-state index contributed by atoms with van der Waals surface area (Å²) in [4.78, 5) is 2.59. The summed E-state index contributed by atoms with van der Waals surface area (Å²) in [6, 6.07) is 10.5. The predicted molar refractivity (Wildman–Crippen MR) is 85.0 cm³/mol. The Morgan fingerprint density at radius 3 is 2.38 bits per heavy atom. The minimum atomic E-state index is -4.47. The number of nitrogens with one attached hydrogen (secondary N) is 1. The smallest absolute Gasteiger partial charge is 0.416 e. The first-order valence-corrected chi connectivity index (χ1v) is 7.31. The Kier molecular flexibility index (Phi) is 4.01. The topological polar surface area (TPSA) is 60.7 Å². The van der Waals surface area contributed by atoms with Crippen LogP contribution in [0.15, 0.2) is 52.7 Å². The number of hydrogen-bond donors (Lipinski definition) is 2. The van der Waals surface area contributed by atoms with E-state index in [1.54, 1.807) is 12.1 Å². The van der Waals surface area contributed by atoms with Gasteiger partial charge in [0.1, 0.15) is 0 Å². The van der Waals surface area contributed by atoms with E-state index in [2.05, 4.69) is 15.2 Å². The van der Waals surface area contributed by atoms with E-state index in [0.29, 0.717) is 11.2 Å². The predicted octanol–water partition coefficient (Wildman–Crippen LogP) is 5.87. The van der Waals surface area contributed by atoms with Crippen molar-refractivity contribution in [3.05, 3.63) is 53.6 Å². The van der Waals surface area contributed by atoms with Gasteiger partial charge in [-0.2, -0.15) is 18.3 Å². The molecule has 2 N–H and O–H groups in total. The van der Waals surface area contributed by atoms with E-state index in [1.807, 2.05) is 19.1 Å². The van der Waals surface area contributed by atoms with Gasteiger partial charge in [-0.25, -0.2) is 0 Å². The molecule has 0 amide bonds. The van der Waals surface area contributed by atoms with Gasteiger partial charge in [-0.05, 0) is 42.3 Å². The summed E-state index contributed by atoms with van der Waals surface area (Å²) < 4.78 is 38.5. The van der Waals surface area contributed by atoms with Crippen molar-refractivity contribution < 1.29 is 18.3 Å². The average molecular weight is 333 g/mol. The number of aromatic amines is 1. The number of hydrogen-bond acceptors (Lipinski definition) is 3. The van der Waals surface area contributed by atoms with Crippen molar-refractivity contribution in [3.63, 3.8) is 0 Å². The summed E-state index contributed by atoms with van der Waals surface area (Å²) in [5.41, 5.74) is 1.22. The van der Waals surface area contributed by atoms with E-state index in [9.17, 15) is 18.3 Å². The summed E-state index contributed by atoms with van der Waals surface area (Å²) in [6.07, 6.45) is -3.58. The van der Waals surface area contributed by atoms with Crippen LogP contribution >= 0.6 is 0 Å². The van der Waals surface area contributed by atoms with E-state index in [-0.39, 0.29) is 17.0 Å². The van der Waals surface area contributed by atoms with Crippen LogP contribution in [0.5, 0.6) is 5.88 Å². The number of halogens is 3. The molecule has 124 valence electrons. The first kappa shape index (κ1) is 16.0. The number of fused-ring (bicyclic) bond motifs is 1. The highest BCUT2D eigenvalue weighted by Crippen LogP contribution is 2.39. The van der Waals surface area contributed by atoms with E-state index >= 15 is 0 Å². The number of alkyl halides is 3. The van der Waals surface area contributed by atoms with Gasteiger partial charge in [0.15, 0.2) is 5.69 Å². The molecular weight excluding hydrogens is 319 g/mol. The molecule has 4 nitrogen and oxygen atoms in total. The highest BCUT2D eigenvalue weighted by Gasteiger charge is 2.31. The fourth-order valence-corrected chi connectivity index (χ4v) is 2.35. The number of aromatic hydroxyl groups is 1. The lowest BCUT2D eigenvalue weighted by Gasteiger charge is -2.05. The van der Waals surface area contributed by atoms with Crippen LogP contribution in [-0.2, 0) is 12.6 Å². The number of rotatable bonds is 3. The first-order valence-electron chi connectivity index (χ1n) is 7.31. The highest BCUT2D eigenvalue weighted by molar-refractivity contribution is 5.94. The molecule has 0 saturated carbocycles. The maximum Gasteiger partial charge on any atom is 0.416 e. The molecule has 3 aromatic rings. The van der Waals surface area contributed by atoms with Gasteiger partial charge in [-0.3, -0.25) is 0 Å². The van der Waals surface area contributed by atoms with Crippen molar-refractivity contribution in [1.29, 1.82) is 0 Å². The molecule has 0 unspecified atom stereocenters. The fourth-order valence-electron chi connectivity index (χ4n) is 2.35. The zero-order valence-corrected chi connectivity index (χ0v) is 12.7. The van der Waals surface area contributed by atoms with Crippen LogP contribution in [0.25, 0.3) is 10.9 Å². The van der Waals surface area contributed by atoms with Gasteiger partial charge < -0.3 is 10.1 Å². The van der Waals surface area contributed by atoms with Crippen molar-refractivity contribution in [2.24, 2.45) is 10.2 Å². The standard InChI is InChI=1S/C17H14F3N3O/c1-2-10-3-6-12(7-4-10)22-23-15-13-9-11(17(18,19)20)5-8-14(13)21-16(15)24/h3-9,21,24H,2H2,1H3. The lowest BCUT2D eigenvalue weighted by atomic mass is 10.1. The maximum atomic E-state index is 12.8. The second-order valence-electron chi connectivity index (χ2n) is 5.30. The van der Waals surface area contributed by atoms with Crippen LogP contribution in [0, 0.1) is 0 Å². The third-order valence-electron chi connectivity index (χ3n) is 3.69. The molecule has 0 aliphatic rings. The van der Waals surface area contributed by atoms with Crippen LogP contribution in [0.1, 0.15) is 18.1 Å². The Bertz CT molecular complexity index is 896. The molecule has 0 saturated heterocycles. The Hall–Kier alpha value is -2.83. The number of nitrogens with zero attached hydrogens (tertiary/aromatic N) is 2. The van der Waals surface area contributed by atoms with Crippen molar-refractivity contribution in [1.82, 2.24) is 4.98 Å². The van der Waals surface area contributed by atoms with Crippen molar-refractivity contribution >= 4 is 22.3 Å². The van der Waals surface area contributed by atoms with Gasteiger partial charge in [-0.1, -0.05) is 19.1 Å². The Labute approximate surface area is 135 Å². The molecule has 0 spiro atoms. The van der Waals surface area contributed by atoms with Crippen LogP contribution in [0.4, 0.5) is 24.5 Å². The molecule has 0 bridgehead atoms. The van der Waals surface area contributed by atoms with Gasteiger partial charge in [0.05, 0.1) is 16.8 Å². The number of aryl methyl sites for hydroxylation is 1. The molecular formula is C17H14F3N3O. The van der Waals surface area contributed by atoms with Gasteiger partial charge in [0, 0.05) is 5.39 Å². The summed E-state index contributed by atoms with van der Waals surface area (Å²) >= 11 is 0. The van der Waals surface area contributed by atoms with Crippen LogP contribution in [0.3, 0.4) is 0 Å². The van der Waals surface area contributed by atoms with Gasteiger partial charge in [-0.15, -0.1) is 5.11 Å². The summed E-state index contributed by atoms with van der Waals surface area (Å²) in [5.74, 6) is -0.321. The van der Waals surface area contributed by atoms with E-state index in [1.165, 1.54) is 6.07 Å². The highest BCUT2D eigenvalue weighted by atomic mass is 19.4. The number of H-pyrrole nitrogens is 1. The lowest BCUT2D eigenvalue weighted by molar-refractivity contribution is -0.137. The van der Waals surface area contributed by atoms with Gasteiger partial charge >= 0.3 is 6.18 Å². The molecule has 2 aromatic carbocycles. The largest absolute Gasteiger partial charge is 0.493 e. The quantitative estimate of drug-likeness (QED) is 0.579. The molecule has 0 aliphatic carbocycles. The number of benzene rings is 2. The molecule has 24 heavy (non-hydrogen) atoms. The van der Waals surface area contributed by atoms with Crippen molar-refractivity contribution in [3.8, 4) is 5.88 Å². The van der Waals surface area contributed by atoms with Crippen molar-refractivity contribution in [2.75, 3.05) is 0 Å². The van der Waals surface area contributed by atoms with Crippen LogP contribution in [0.2, 0.25) is 0 Å². The summed E-state index contributed by atoms with van der Waals surface area (Å²) in [5, 5.41) is 18.0. The molecule has 0 aliphatic heterocycles. The molecule has 3 rings (SSSR count). The monoisotopic (exact) mass is 333 g/mol. The molecule has 1 heterocycles. The zero-order chi connectivity index (χ0) is 17.3. The molecule has 0 fully saturated rings. The van der Waals surface area contributed by atoms with Crippen LogP contribution in [-0.4, -0.2) is 10.1 Å². The lowest BCUT2D eigenvalue weighted by Crippen LogP contribution is -2.03. The third kappa shape index (κ3) is 3.10. The fraction of sp³-hybridized carbons (Fsp3) is 0.176. The minimum absolute atomic E-state index is 0.0179. The maximum absolute atomic E-state index is 12.8. The number of azo groups is 1. The van der Waals surface area contributed by atoms with E-state index in [4.69, 9.17) is 0 Å². The van der Waals surface area contributed by atoms with E-state index in [0.717, 1.165) is 24.1 Å². The van der Waals surface area contributed by atoms with Crippen molar-refractivity contribution in [2.45, 2.75) is 19.5 Å². The SMILES string of the molecule is CCc1ccc(N=Nc2c(O)[nH]c3ccc(C(F)(F)F)cc23)cc1. The Balaban J connectivity index is 2.01. The molecule has 0 radical (unpaired) electrons. The second-order valence-corrected chi connectivity index (χ2v) is 5.30. The number of aromatic nitrogens is 1. The van der Waals surface area contributed by atoms with Gasteiger partial charge in [0.25, 0.3) is 0 Å². The Morgan fingerprint density at radius 1 is 1.04 bits per heavy atom. The summed E-state index contributed by atoms with van der Waals surface area (Å²) in [6.45, 7) is 2.03. The van der Waals surface area contributed by atoms with Crippen LogP contribution < -0.4 is 0 Å². The first-order chi connectivity index (χ1) is 11.4.